The Balaban J connectivity index is 1.61. The van der Waals surface area contributed by atoms with Crippen LogP contribution < -0.4 is 15.5 Å². The smallest absolute Gasteiger partial charge is 0.191 e. The molecule has 0 amide bonds. The van der Waals surface area contributed by atoms with Gasteiger partial charge in [0.1, 0.15) is 0 Å². The molecule has 1 unspecified atom stereocenters. The van der Waals surface area contributed by atoms with E-state index >= 15 is 0 Å². The van der Waals surface area contributed by atoms with Gasteiger partial charge in [-0.15, -0.1) is 0 Å². The molecular formula is C21H35N5O. The first kappa shape index (κ1) is 20.0. The third-order valence-corrected chi connectivity index (χ3v) is 5.90. The number of guanidine groups is 1. The minimum Gasteiger partial charge on any atom is -0.381 e. The Kier molecular flexibility index (Phi) is 6.96. The predicted octanol–water partition coefficient (Wildman–Crippen LogP) is 1.93. The molecule has 0 bridgehead atoms. The van der Waals surface area contributed by atoms with Crippen LogP contribution >= 0.6 is 0 Å². The summed E-state index contributed by atoms with van der Waals surface area (Å²) in [7, 11) is 4.33. The number of aliphatic imine (C=N–C) groups is 1. The van der Waals surface area contributed by atoms with Gasteiger partial charge < -0.3 is 25.2 Å². The Bertz CT molecular complexity index is 598. The third-order valence-electron chi connectivity index (χ3n) is 5.90. The van der Waals surface area contributed by atoms with Crippen molar-refractivity contribution in [2.75, 3.05) is 58.4 Å². The van der Waals surface area contributed by atoms with Crippen LogP contribution in [0.3, 0.4) is 0 Å². The van der Waals surface area contributed by atoms with Gasteiger partial charge in [0.05, 0.1) is 6.54 Å². The zero-order chi connectivity index (χ0) is 19.1. The van der Waals surface area contributed by atoms with Crippen LogP contribution in [0.1, 0.15) is 26.2 Å². The minimum absolute atomic E-state index is 0.104. The summed E-state index contributed by atoms with van der Waals surface area (Å²) >= 11 is 0. The van der Waals surface area contributed by atoms with Crippen molar-refractivity contribution in [3.05, 3.63) is 30.3 Å². The van der Waals surface area contributed by atoms with E-state index in [4.69, 9.17) is 9.73 Å². The normalized spacial score (nSPS) is 22.9. The Morgan fingerprint density at radius 1 is 1.26 bits per heavy atom. The molecule has 2 heterocycles. The van der Waals surface area contributed by atoms with E-state index < -0.39 is 0 Å². The molecule has 0 spiro atoms. The molecule has 2 saturated heterocycles. The van der Waals surface area contributed by atoms with Gasteiger partial charge >= 0.3 is 0 Å². The summed E-state index contributed by atoms with van der Waals surface area (Å²) in [6.07, 6.45) is 3.20. The summed E-state index contributed by atoms with van der Waals surface area (Å²) in [5, 5.41) is 7.09. The van der Waals surface area contributed by atoms with E-state index in [0.29, 0.717) is 6.04 Å². The lowest BCUT2D eigenvalue weighted by molar-refractivity contribution is -0.00255. The van der Waals surface area contributed by atoms with E-state index in [-0.39, 0.29) is 5.54 Å². The van der Waals surface area contributed by atoms with Gasteiger partial charge in [0.2, 0.25) is 0 Å². The summed E-state index contributed by atoms with van der Waals surface area (Å²) in [5.41, 5.74) is 1.41. The van der Waals surface area contributed by atoms with E-state index in [1.165, 1.54) is 5.69 Å². The van der Waals surface area contributed by atoms with Crippen molar-refractivity contribution in [2.24, 2.45) is 4.99 Å². The van der Waals surface area contributed by atoms with E-state index in [1.54, 1.807) is 0 Å². The highest BCUT2D eigenvalue weighted by Gasteiger charge is 2.35. The van der Waals surface area contributed by atoms with Gasteiger partial charge in [-0.2, -0.15) is 0 Å². The number of ether oxygens (including phenoxy) is 1. The van der Waals surface area contributed by atoms with Crippen molar-refractivity contribution in [3.63, 3.8) is 0 Å². The van der Waals surface area contributed by atoms with Gasteiger partial charge in [0.15, 0.2) is 5.96 Å². The molecule has 3 rings (SSSR count). The van der Waals surface area contributed by atoms with E-state index in [9.17, 15) is 0 Å². The molecule has 0 aromatic heterocycles. The van der Waals surface area contributed by atoms with E-state index in [2.05, 4.69) is 71.8 Å². The molecule has 2 N–H and O–H groups in total. The Morgan fingerprint density at radius 2 is 2.00 bits per heavy atom. The van der Waals surface area contributed by atoms with Crippen molar-refractivity contribution in [1.29, 1.82) is 0 Å². The van der Waals surface area contributed by atoms with Crippen LogP contribution in [0.25, 0.3) is 0 Å². The molecule has 1 atom stereocenters. The summed E-state index contributed by atoms with van der Waals surface area (Å²) in [5.74, 6) is 0.935. The highest BCUT2D eigenvalue weighted by molar-refractivity contribution is 5.80. The minimum atomic E-state index is 0.104. The maximum absolute atomic E-state index is 5.58. The molecule has 0 aliphatic carbocycles. The number of benzene rings is 1. The predicted molar refractivity (Wildman–Crippen MR) is 113 cm³/mol. The molecule has 150 valence electrons. The van der Waals surface area contributed by atoms with Crippen LogP contribution in [-0.4, -0.2) is 75.9 Å². The zero-order valence-corrected chi connectivity index (χ0v) is 17.1. The van der Waals surface area contributed by atoms with Crippen molar-refractivity contribution in [3.8, 4) is 0 Å². The van der Waals surface area contributed by atoms with Gasteiger partial charge in [-0.05, 0) is 52.4 Å². The SMILES string of the molecule is CCNC(=NCC1(N(C)C)CCOCC1)NC1CCN(c2ccccc2)C1. The quantitative estimate of drug-likeness (QED) is 0.590. The fourth-order valence-corrected chi connectivity index (χ4v) is 3.99. The standard InChI is InChI=1S/C21H35N5O/c1-4-22-20(23-17-21(25(2)3)11-14-27-15-12-21)24-18-10-13-26(16-18)19-8-6-5-7-9-19/h5-9,18H,4,10-17H2,1-3H3,(H2,22,23,24). The molecule has 2 fully saturated rings. The molecule has 1 aromatic rings. The first-order chi connectivity index (χ1) is 13.1. The number of nitrogens with zero attached hydrogens (tertiary/aromatic N) is 3. The summed E-state index contributed by atoms with van der Waals surface area (Å²) < 4.78 is 5.58. The molecule has 2 aliphatic rings. The molecule has 6 nitrogen and oxygen atoms in total. The average Bonchev–Trinajstić information content (AvgIpc) is 3.16. The molecule has 2 aliphatic heterocycles. The van der Waals surface area contributed by atoms with Gasteiger partial charge in [-0.25, -0.2) is 0 Å². The molecule has 0 saturated carbocycles. The lowest BCUT2D eigenvalue weighted by Crippen LogP contribution is -2.52. The van der Waals surface area contributed by atoms with Crippen molar-refractivity contribution >= 4 is 11.6 Å². The summed E-state index contributed by atoms with van der Waals surface area (Å²) in [4.78, 5) is 9.74. The van der Waals surface area contributed by atoms with Crippen LogP contribution in [-0.2, 0) is 4.74 Å². The van der Waals surface area contributed by atoms with Gasteiger partial charge in [0.25, 0.3) is 0 Å². The first-order valence-electron chi connectivity index (χ1n) is 10.2. The molecular weight excluding hydrogens is 338 g/mol. The van der Waals surface area contributed by atoms with Crippen LogP contribution in [0.2, 0.25) is 0 Å². The maximum Gasteiger partial charge on any atom is 0.191 e. The lowest BCUT2D eigenvalue weighted by atomic mass is 9.89. The molecule has 1 aromatic carbocycles. The van der Waals surface area contributed by atoms with Crippen molar-refractivity contribution in [1.82, 2.24) is 15.5 Å². The number of anilines is 1. The van der Waals surface area contributed by atoms with E-state index in [1.807, 2.05) is 0 Å². The second kappa shape index (κ2) is 9.42. The highest BCUT2D eigenvalue weighted by atomic mass is 16.5. The van der Waals surface area contributed by atoms with Crippen LogP contribution in [0.5, 0.6) is 0 Å². The Hall–Kier alpha value is -1.79. The molecule has 6 heteroatoms. The number of para-hydroxylation sites is 1. The third kappa shape index (κ3) is 5.14. The second-order valence-electron chi connectivity index (χ2n) is 7.84. The maximum atomic E-state index is 5.58. The number of hydrogen-bond donors (Lipinski definition) is 2. The fourth-order valence-electron chi connectivity index (χ4n) is 3.99. The summed E-state index contributed by atoms with van der Waals surface area (Å²) in [6.45, 7) is 7.55. The van der Waals surface area contributed by atoms with Crippen molar-refractivity contribution < 1.29 is 4.74 Å². The second-order valence-corrected chi connectivity index (χ2v) is 7.84. The fraction of sp³-hybridized carbons (Fsp3) is 0.667. The van der Waals surface area contributed by atoms with E-state index in [0.717, 1.165) is 64.6 Å². The number of likely N-dealkylation sites (N-methyl/N-ethyl adjacent to an activating group) is 1. The van der Waals surface area contributed by atoms with Gasteiger partial charge in [0, 0.05) is 50.1 Å². The van der Waals surface area contributed by atoms with Crippen LogP contribution in [0, 0.1) is 0 Å². The number of hydrogen-bond acceptors (Lipinski definition) is 4. The molecule has 27 heavy (non-hydrogen) atoms. The van der Waals surface area contributed by atoms with Gasteiger partial charge in [-0.3, -0.25) is 4.99 Å². The highest BCUT2D eigenvalue weighted by Crippen LogP contribution is 2.26. The Labute approximate surface area is 164 Å². The van der Waals surface area contributed by atoms with Crippen LogP contribution in [0.4, 0.5) is 5.69 Å². The lowest BCUT2D eigenvalue weighted by Gasteiger charge is -2.41. The average molecular weight is 374 g/mol. The largest absolute Gasteiger partial charge is 0.381 e. The Morgan fingerprint density at radius 3 is 2.67 bits per heavy atom. The van der Waals surface area contributed by atoms with Crippen molar-refractivity contribution in [2.45, 2.75) is 37.8 Å². The van der Waals surface area contributed by atoms with Gasteiger partial charge in [-0.1, -0.05) is 18.2 Å². The topological polar surface area (TPSA) is 52.1 Å². The number of rotatable bonds is 6. The zero-order valence-electron chi connectivity index (χ0n) is 17.1. The van der Waals surface area contributed by atoms with Crippen LogP contribution in [0.15, 0.2) is 35.3 Å². The monoisotopic (exact) mass is 373 g/mol. The summed E-state index contributed by atoms with van der Waals surface area (Å²) in [6, 6.07) is 11.1. The number of nitrogens with one attached hydrogen (secondary N) is 2. The first-order valence-corrected chi connectivity index (χ1v) is 10.2. The molecule has 0 radical (unpaired) electrons.